The molecule has 1 saturated carbocycles. The number of rotatable bonds is 3. The Balaban J connectivity index is 1.98. The van der Waals surface area contributed by atoms with Gasteiger partial charge in [-0.2, -0.15) is 0 Å². The lowest BCUT2D eigenvalue weighted by Crippen LogP contribution is -2.50. The SMILES string of the molecule is CCC1C2CC=C3N(C=O)C=CC3(C)C2CCC1(C)C(C)C. The van der Waals surface area contributed by atoms with Crippen molar-refractivity contribution < 1.29 is 4.79 Å². The molecule has 2 heteroatoms. The van der Waals surface area contributed by atoms with Crippen LogP contribution in [0.15, 0.2) is 24.0 Å². The van der Waals surface area contributed by atoms with Crippen LogP contribution in [0.1, 0.15) is 60.3 Å². The van der Waals surface area contributed by atoms with Gasteiger partial charge in [0.15, 0.2) is 0 Å². The Morgan fingerprint density at radius 2 is 2.14 bits per heavy atom. The fourth-order valence-corrected chi connectivity index (χ4v) is 5.85. The van der Waals surface area contributed by atoms with Crippen molar-refractivity contribution in [2.75, 3.05) is 0 Å². The normalized spacial score (nSPS) is 43.8. The lowest BCUT2D eigenvalue weighted by atomic mass is 9.48. The molecule has 3 rings (SSSR count). The molecule has 0 bridgehead atoms. The van der Waals surface area contributed by atoms with Crippen molar-refractivity contribution in [2.24, 2.45) is 34.5 Å². The molecule has 0 radical (unpaired) electrons. The number of allylic oxidation sites excluding steroid dienone is 2. The lowest BCUT2D eigenvalue weighted by Gasteiger charge is -2.57. The van der Waals surface area contributed by atoms with E-state index in [4.69, 9.17) is 0 Å². The van der Waals surface area contributed by atoms with E-state index in [1.165, 1.54) is 25.0 Å². The van der Waals surface area contributed by atoms with Crippen LogP contribution in [0.2, 0.25) is 0 Å². The molecule has 1 amide bonds. The van der Waals surface area contributed by atoms with Crippen molar-refractivity contribution >= 4 is 6.41 Å². The lowest BCUT2D eigenvalue weighted by molar-refractivity contribution is -0.115. The Bertz CT molecular complexity index is 520. The molecule has 1 fully saturated rings. The predicted molar refractivity (Wildman–Crippen MR) is 90.8 cm³/mol. The molecule has 122 valence electrons. The number of hydrogen-bond donors (Lipinski definition) is 0. The van der Waals surface area contributed by atoms with Gasteiger partial charge in [-0.25, -0.2) is 0 Å². The zero-order valence-corrected chi connectivity index (χ0v) is 14.8. The van der Waals surface area contributed by atoms with Crippen molar-refractivity contribution in [3.05, 3.63) is 24.0 Å². The van der Waals surface area contributed by atoms with E-state index in [0.717, 1.165) is 30.6 Å². The van der Waals surface area contributed by atoms with Crippen molar-refractivity contribution in [1.82, 2.24) is 4.90 Å². The summed E-state index contributed by atoms with van der Waals surface area (Å²) >= 11 is 0. The standard InChI is InChI=1S/C20H31NO/c1-6-16-15-7-8-18-20(5,11-12-21(18)13-22)17(15)9-10-19(16,4)14(2)3/h8,11-17H,6-7,9-10H2,1-5H3. The van der Waals surface area contributed by atoms with Gasteiger partial charge in [0.1, 0.15) is 0 Å². The topological polar surface area (TPSA) is 20.3 Å². The summed E-state index contributed by atoms with van der Waals surface area (Å²) in [4.78, 5) is 13.1. The molecule has 3 aliphatic rings. The highest BCUT2D eigenvalue weighted by atomic mass is 16.1. The first-order valence-corrected chi connectivity index (χ1v) is 9.02. The van der Waals surface area contributed by atoms with Crippen molar-refractivity contribution in [3.63, 3.8) is 0 Å². The second kappa shape index (κ2) is 5.25. The Morgan fingerprint density at radius 3 is 2.73 bits per heavy atom. The first-order chi connectivity index (χ1) is 10.4. The van der Waals surface area contributed by atoms with Gasteiger partial charge in [-0.3, -0.25) is 9.69 Å². The van der Waals surface area contributed by atoms with E-state index in [9.17, 15) is 4.79 Å². The zero-order valence-electron chi connectivity index (χ0n) is 14.8. The Morgan fingerprint density at radius 1 is 1.41 bits per heavy atom. The highest BCUT2D eigenvalue weighted by molar-refractivity contribution is 5.57. The van der Waals surface area contributed by atoms with Gasteiger partial charge >= 0.3 is 0 Å². The quantitative estimate of drug-likeness (QED) is 0.673. The van der Waals surface area contributed by atoms with Crippen molar-refractivity contribution in [2.45, 2.75) is 60.3 Å². The van der Waals surface area contributed by atoms with Crippen LogP contribution < -0.4 is 0 Å². The Labute approximate surface area is 135 Å². The van der Waals surface area contributed by atoms with Gasteiger partial charge < -0.3 is 0 Å². The number of carbonyl (C=O) groups is 1. The molecule has 0 saturated heterocycles. The summed E-state index contributed by atoms with van der Waals surface area (Å²) in [5.41, 5.74) is 1.76. The molecule has 0 aromatic rings. The molecule has 22 heavy (non-hydrogen) atoms. The zero-order chi connectivity index (χ0) is 16.1. The van der Waals surface area contributed by atoms with E-state index in [0.29, 0.717) is 11.3 Å². The van der Waals surface area contributed by atoms with Crippen LogP contribution in [-0.2, 0) is 4.79 Å². The van der Waals surface area contributed by atoms with Crippen LogP contribution in [0.5, 0.6) is 0 Å². The van der Waals surface area contributed by atoms with Crippen LogP contribution in [0.25, 0.3) is 0 Å². The summed E-state index contributed by atoms with van der Waals surface area (Å²) in [6.07, 6.45) is 12.6. The molecular formula is C20H31NO. The maximum atomic E-state index is 11.3. The number of amides is 1. The maximum absolute atomic E-state index is 11.3. The van der Waals surface area contributed by atoms with E-state index in [2.05, 4.69) is 46.8 Å². The van der Waals surface area contributed by atoms with E-state index in [-0.39, 0.29) is 5.41 Å². The maximum Gasteiger partial charge on any atom is 0.217 e. The third-order valence-electron chi connectivity index (χ3n) is 7.51. The average molecular weight is 301 g/mol. The van der Waals surface area contributed by atoms with Gasteiger partial charge in [0.25, 0.3) is 0 Å². The first kappa shape index (κ1) is 15.8. The van der Waals surface area contributed by atoms with Crippen molar-refractivity contribution in [1.29, 1.82) is 0 Å². The summed E-state index contributed by atoms with van der Waals surface area (Å²) in [6, 6.07) is 0. The second-order valence-electron chi connectivity index (χ2n) is 8.42. The first-order valence-electron chi connectivity index (χ1n) is 9.02. The third-order valence-corrected chi connectivity index (χ3v) is 7.51. The predicted octanol–water partition coefficient (Wildman–Crippen LogP) is 4.98. The summed E-state index contributed by atoms with van der Waals surface area (Å²) < 4.78 is 0. The van der Waals surface area contributed by atoms with E-state index < -0.39 is 0 Å². The minimum absolute atomic E-state index is 0.0650. The fraction of sp³-hybridized carbons (Fsp3) is 0.750. The molecule has 0 aromatic carbocycles. The molecule has 5 unspecified atom stereocenters. The fourth-order valence-electron chi connectivity index (χ4n) is 5.85. The summed E-state index contributed by atoms with van der Waals surface area (Å²) in [6.45, 7) is 12.0. The molecule has 2 aliphatic carbocycles. The van der Waals surface area contributed by atoms with Crippen LogP contribution >= 0.6 is 0 Å². The number of hydrogen-bond acceptors (Lipinski definition) is 1. The molecule has 5 atom stereocenters. The molecule has 0 N–H and O–H groups in total. The van der Waals surface area contributed by atoms with E-state index >= 15 is 0 Å². The van der Waals surface area contributed by atoms with Crippen molar-refractivity contribution in [3.8, 4) is 0 Å². The van der Waals surface area contributed by atoms with Crippen LogP contribution in [0, 0.1) is 34.5 Å². The monoisotopic (exact) mass is 301 g/mol. The van der Waals surface area contributed by atoms with Gasteiger partial charge in [-0.1, -0.05) is 53.2 Å². The van der Waals surface area contributed by atoms with E-state index in [1.54, 1.807) is 4.90 Å². The molecule has 0 spiro atoms. The van der Waals surface area contributed by atoms with Gasteiger partial charge in [0.2, 0.25) is 6.41 Å². The molecule has 1 aliphatic heterocycles. The summed E-state index contributed by atoms with van der Waals surface area (Å²) in [5.74, 6) is 2.98. The van der Waals surface area contributed by atoms with Gasteiger partial charge in [0.05, 0.1) is 0 Å². The third kappa shape index (κ3) is 1.95. The van der Waals surface area contributed by atoms with Crippen LogP contribution in [-0.4, -0.2) is 11.3 Å². The Hall–Kier alpha value is -1.05. The largest absolute Gasteiger partial charge is 0.294 e. The molecule has 2 nitrogen and oxygen atoms in total. The van der Waals surface area contributed by atoms with Gasteiger partial charge in [-0.15, -0.1) is 0 Å². The smallest absolute Gasteiger partial charge is 0.217 e. The number of nitrogens with zero attached hydrogens (tertiary/aromatic N) is 1. The number of fused-ring (bicyclic) bond motifs is 3. The highest BCUT2D eigenvalue weighted by Crippen LogP contribution is 2.62. The van der Waals surface area contributed by atoms with Gasteiger partial charge in [0, 0.05) is 17.3 Å². The van der Waals surface area contributed by atoms with Gasteiger partial charge in [-0.05, 0) is 48.3 Å². The highest BCUT2D eigenvalue weighted by Gasteiger charge is 2.55. The second-order valence-corrected chi connectivity index (χ2v) is 8.42. The average Bonchev–Trinajstić information content (AvgIpc) is 2.83. The minimum atomic E-state index is 0.0650. The molecule has 0 aromatic heterocycles. The van der Waals surface area contributed by atoms with Crippen LogP contribution in [0.4, 0.5) is 0 Å². The summed E-state index contributed by atoms with van der Waals surface area (Å²) in [5, 5.41) is 0. The molecular weight excluding hydrogens is 270 g/mol. The van der Waals surface area contributed by atoms with E-state index in [1.807, 2.05) is 6.20 Å². The number of carbonyl (C=O) groups excluding carboxylic acids is 1. The summed E-state index contributed by atoms with van der Waals surface area (Å²) in [7, 11) is 0. The molecule has 1 heterocycles. The van der Waals surface area contributed by atoms with Crippen LogP contribution in [0.3, 0.4) is 0 Å². The minimum Gasteiger partial charge on any atom is -0.294 e. The Kier molecular flexibility index (Phi) is 3.78.